The van der Waals surface area contributed by atoms with Crippen molar-refractivity contribution in [3.63, 3.8) is 0 Å². The zero-order valence-corrected chi connectivity index (χ0v) is 13.0. The monoisotopic (exact) mass is 343 g/mol. The lowest BCUT2D eigenvalue weighted by Gasteiger charge is -2.01. The van der Waals surface area contributed by atoms with Gasteiger partial charge in [0.1, 0.15) is 11.0 Å². The van der Waals surface area contributed by atoms with Gasteiger partial charge in [0.25, 0.3) is 0 Å². The molecule has 2 heterocycles. The molecule has 0 aliphatic rings. The number of nitrogens with zero attached hydrogens (tertiary/aromatic N) is 3. The minimum absolute atomic E-state index is 0.250. The van der Waals surface area contributed by atoms with Gasteiger partial charge in [-0.1, -0.05) is 28.8 Å². The van der Waals surface area contributed by atoms with Crippen molar-refractivity contribution in [2.24, 2.45) is 0 Å². The van der Waals surface area contributed by atoms with Crippen molar-refractivity contribution >= 4 is 34.2 Å². The van der Waals surface area contributed by atoms with Crippen LogP contribution in [0.3, 0.4) is 0 Å². The van der Waals surface area contributed by atoms with E-state index in [1.807, 2.05) is 18.2 Å². The molecule has 0 bridgehead atoms. The highest BCUT2D eigenvalue weighted by molar-refractivity contribution is 6.34. The maximum Gasteiger partial charge on any atom is 0.320 e. The Balaban J connectivity index is 1.52. The van der Waals surface area contributed by atoms with E-state index in [1.165, 1.54) is 12.1 Å². The Hall–Kier alpha value is -2.93. The van der Waals surface area contributed by atoms with Crippen molar-refractivity contribution in [3.8, 4) is 0 Å². The van der Waals surface area contributed by atoms with Crippen molar-refractivity contribution in [2.45, 2.75) is 6.42 Å². The summed E-state index contributed by atoms with van der Waals surface area (Å²) in [6.07, 6.45) is 0.360. The first-order valence-corrected chi connectivity index (χ1v) is 7.53. The lowest BCUT2D eigenvalue weighted by atomic mass is 10.1. The van der Waals surface area contributed by atoms with E-state index in [9.17, 15) is 4.39 Å². The normalized spacial score (nSPS) is 11.1. The van der Waals surface area contributed by atoms with Gasteiger partial charge in [-0.05, 0) is 35.9 Å². The van der Waals surface area contributed by atoms with E-state index in [0.717, 1.165) is 22.2 Å². The van der Waals surface area contributed by atoms with Crippen LogP contribution < -0.4 is 5.32 Å². The molecule has 6 nitrogen and oxygen atoms in total. The number of H-pyrrole nitrogens is 1. The fraction of sp³-hybridized carbons (Fsp3) is 0.0625. The summed E-state index contributed by atoms with van der Waals surface area (Å²) >= 11 is 6.03. The summed E-state index contributed by atoms with van der Waals surface area (Å²) in [6, 6.07) is 12.0. The Morgan fingerprint density at radius 3 is 2.96 bits per heavy atom. The Bertz CT molecular complexity index is 1010. The van der Waals surface area contributed by atoms with Crippen LogP contribution in [0.2, 0.25) is 5.15 Å². The van der Waals surface area contributed by atoms with Gasteiger partial charge < -0.3 is 9.73 Å². The van der Waals surface area contributed by atoms with Crippen LogP contribution in [-0.2, 0) is 6.42 Å². The molecule has 0 radical (unpaired) electrons. The smallest absolute Gasteiger partial charge is 0.320 e. The molecule has 2 aromatic heterocycles. The second-order valence-electron chi connectivity index (χ2n) is 5.20. The quantitative estimate of drug-likeness (QED) is 0.584. The molecule has 0 aliphatic carbocycles. The second-order valence-corrected chi connectivity index (χ2v) is 5.58. The van der Waals surface area contributed by atoms with E-state index >= 15 is 0 Å². The van der Waals surface area contributed by atoms with Gasteiger partial charge in [0, 0.05) is 11.1 Å². The van der Waals surface area contributed by atoms with Gasteiger partial charge in [0.05, 0.1) is 11.9 Å². The summed E-state index contributed by atoms with van der Waals surface area (Å²) in [6.45, 7) is 0. The van der Waals surface area contributed by atoms with Gasteiger partial charge in [-0.3, -0.25) is 5.10 Å². The lowest BCUT2D eigenvalue weighted by Crippen LogP contribution is -1.90. The molecule has 24 heavy (non-hydrogen) atoms. The molecule has 4 aromatic rings. The highest BCUT2D eigenvalue weighted by Gasteiger charge is 2.09. The van der Waals surface area contributed by atoms with Crippen LogP contribution in [0.25, 0.3) is 10.9 Å². The molecule has 0 saturated carbocycles. The zero-order chi connectivity index (χ0) is 16.5. The first-order chi connectivity index (χ1) is 11.7. The Kier molecular flexibility index (Phi) is 3.62. The molecule has 120 valence electrons. The topological polar surface area (TPSA) is 79.6 Å². The van der Waals surface area contributed by atoms with E-state index in [1.54, 1.807) is 12.1 Å². The maximum absolute atomic E-state index is 13.2. The van der Waals surface area contributed by atoms with E-state index in [2.05, 4.69) is 25.7 Å². The van der Waals surface area contributed by atoms with Gasteiger partial charge in [0.2, 0.25) is 5.89 Å². The van der Waals surface area contributed by atoms with Gasteiger partial charge in [-0.2, -0.15) is 5.10 Å². The summed E-state index contributed by atoms with van der Waals surface area (Å²) < 4.78 is 18.7. The van der Waals surface area contributed by atoms with Crippen molar-refractivity contribution in [1.29, 1.82) is 0 Å². The number of nitrogens with one attached hydrogen (secondary N) is 2. The molecule has 0 spiro atoms. The lowest BCUT2D eigenvalue weighted by molar-refractivity contribution is 0.520. The van der Waals surface area contributed by atoms with Crippen molar-refractivity contribution in [3.05, 3.63) is 64.9 Å². The largest absolute Gasteiger partial charge is 0.408 e. The predicted octanol–water partition coefficient (Wildman–Crippen LogP) is 4.07. The van der Waals surface area contributed by atoms with Crippen LogP contribution in [-0.4, -0.2) is 20.4 Å². The van der Waals surface area contributed by atoms with Crippen LogP contribution in [0.1, 0.15) is 11.5 Å². The maximum atomic E-state index is 13.2. The fourth-order valence-corrected chi connectivity index (χ4v) is 2.57. The van der Waals surface area contributed by atoms with Crippen molar-refractivity contribution in [2.75, 3.05) is 5.32 Å². The number of anilines is 2. The minimum Gasteiger partial charge on any atom is -0.408 e. The molecule has 2 N–H and O–H groups in total. The number of aromatic amines is 1. The highest BCUT2D eigenvalue weighted by Crippen LogP contribution is 2.25. The SMILES string of the molecule is Fc1cccc(Cc2nnc(Nc3ccc4n[nH]c(Cl)c4c3)o2)c1. The first-order valence-electron chi connectivity index (χ1n) is 7.15. The third-order valence-corrected chi connectivity index (χ3v) is 3.76. The standard InChI is InChI=1S/C16H11ClFN5O/c17-15-12-8-11(4-5-13(12)20-22-15)19-16-23-21-14(24-16)7-9-2-1-3-10(18)6-9/h1-6,8H,7H2,(H,19,23)(H,20,22). The average molecular weight is 344 g/mol. The zero-order valence-electron chi connectivity index (χ0n) is 12.3. The number of hydrogen-bond acceptors (Lipinski definition) is 5. The van der Waals surface area contributed by atoms with Gasteiger partial charge in [-0.25, -0.2) is 4.39 Å². The van der Waals surface area contributed by atoms with E-state index in [4.69, 9.17) is 16.0 Å². The molecule has 4 rings (SSSR count). The molecule has 0 saturated heterocycles. The number of aromatic nitrogens is 4. The van der Waals surface area contributed by atoms with Crippen molar-refractivity contribution in [1.82, 2.24) is 20.4 Å². The van der Waals surface area contributed by atoms with Crippen LogP contribution in [0.15, 0.2) is 46.9 Å². The van der Waals surface area contributed by atoms with Gasteiger partial charge in [0.15, 0.2) is 0 Å². The predicted molar refractivity (Wildman–Crippen MR) is 87.9 cm³/mol. The molecular weight excluding hydrogens is 333 g/mol. The van der Waals surface area contributed by atoms with E-state index in [-0.39, 0.29) is 11.8 Å². The minimum atomic E-state index is -0.296. The van der Waals surface area contributed by atoms with Crippen LogP contribution in [0.4, 0.5) is 16.1 Å². The van der Waals surface area contributed by atoms with Gasteiger partial charge in [-0.15, -0.1) is 5.10 Å². The number of benzene rings is 2. The number of halogens is 2. The fourth-order valence-electron chi connectivity index (χ4n) is 2.38. The van der Waals surface area contributed by atoms with Gasteiger partial charge >= 0.3 is 6.01 Å². The molecular formula is C16H11ClFN5O. The summed E-state index contributed by atoms with van der Waals surface area (Å²) in [5.41, 5.74) is 2.27. The van der Waals surface area contributed by atoms with E-state index in [0.29, 0.717) is 17.5 Å². The molecule has 0 fully saturated rings. The molecule has 0 unspecified atom stereocenters. The third-order valence-electron chi connectivity index (χ3n) is 3.47. The van der Waals surface area contributed by atoms with Crippen LogP contribution in [0.5, 0.6) is 0 Å². The molecule has 0 aliphatic heterocycles. The number of fused-ring (bicyclic) bond motifs is 1. The third kappa shape index (κ3) is 2.93. The number of hydrogen-bond donors (Lipinski definition) is 2. The second kappa shape index (κ2) is 5.93. The number of rotatable bonds is 4. The van der Waals surface area contributed by atoms with Crippen LogP contribution in [0, 0.1) is 5.82 Å². The molecule has 0 atom stereocenters. The van der Waals surface area contributed by atoms with Crippen molar-refractivity contribution < 1.29 is 8.81 Å². The Morgan fingerprint density at radius 1 is 1.17 bits per heavy atom. The Labute approximate surface area is 140 Å². The summed E-state index contributed by atoms with van der Waals surface area (Å²) in [4.78, 5) is 0. The Morgan fingerprint density at radius 2 is 2.08 bits per heavy atom. The highest BCUT2D eigenvalue weighted by atomic mass is 35.5. The summed E-state index contributed by atoms with van der Waals surface area (Å²) in [7, 11) is 0. The van der Waals surface area contributed by atoms with E-state index < -0.39 is 0 Å². The molecule has 0 amide bonds. The molecule has 2 aromatic carbocycles. The first kappa shape index (κ1) is 14.6. The summed E-state index contributed by atoms with van der Waals surface area (Å²) in [5, 5.41) is 18.9. The molecule has 8 heteroatoms. The summed E-state index contributed by atoms with van der Waals surface area (Å²) in [5.74, 6) is 0.0983. The average Bonchev–Trinajstić information content (AvgIpc) is 3.15. The van der Waals surface area contributed by atoms with Crippen LogP contribution >= 0.6 is 11.6 Å².